The molecule has 0 radical (unpaired) electrons. The lowest BCUT2D eigenvalue weighted by atomic mass is 9.94. The van der Waals surface area contributed by atoms with Crippen molar-refractivity contribution in [2.45, 2.75) is 72.8 Å². The smallest absolute Gasteiger partial charge is 0.332 e. The second kappa shape index (κ2) is 9.83. The third-order valence-corrected chi connectivity index (χ3v) is 4.17. The fraction of sp³-hybridized carbons (Fsp3) is 0.737. The lowest BCUT2D eigenvalue weighted by molar-refractivity contribution is -0.133. The number of methoxy groups -OCH3 is 1. The van der Waals surface area contributed by atoms with Crippen LogP contribution in [0.5, 0.6) is 0 Å². The average molecular weight is 310 g/mol. The third-order valence-electron chi connectivity index (χ3n) is 4.17. The predicted octanol–water partition coefficient (Wildman–Crippen LogP) is 5.22. The van der Waals surface area contributed by atoms with Crippen molar-refractivity contribution < 1.29 is 14.6 Å². The zero-order valence-corrected chi connectivity index (χ0v) is 15.4. The molecule has 0 aromatic rings. The largest absolute Gasteiger partial charge is 0.478 e. The molecule has 1 N–H and O–H groups in total. The van der Waals surface area contributed by atoms with Gasteiger partial charge in [-0.05, 0) is 51.0 Å². The van der Waals surface area contributed by atoms with Crippen LogP contribution < -0.4 is 0 Å². The van der Waals surface area contributed by atoms with E-state index in [2.05, 4.69) is 26.8 Å². The normalized spacial score (nSPS) is 15.3. The van der Waals surface area contributed by atoms with Crippen LogP contribution in [-0.4, -0.2) is 23.8 Å². The Morgan fingerprint density at radius 1 is 1.27 bits per heavy atom. The number of carboxylic acid groups (broad SMARTS) is 1. The van der Waals surface area contributed by atoms with E-state index in [9.17, 15) is 9.90 Å². The van der Waals surface area contributed by atoms with Crippen molar-refractivity contribution in [3.8, 4) is 0 Å². The Bertz CT molecular complexity index is 403. The predicted molar refractivity (Wildman–Crippen MR) is 93.0 cm³/mol. The van der Waals surface area contributed by atoms with Crippen LogP contribution in [0.2, 0.25) is 0 Å². The first-order valence-electron chi connectivity index (χ1n) is 8.26. The molecule has 128 valence electrons. The first-order chi connectivity index (χ1) is 10.1. The molecule has 0 bridgehead atoms. The average Bonchev–Trinajstić information content (AvgIpc) is 2.37. The maximum absolute atomic E-state index is 11.2. The Morgan fingerprint density at radius 2 is 1.86 bits per heavy atom. The van der Waals surface area contributed by atoms with Gasteiger partial charge in [-0.3, -0.25) is 0 Å². The molecule has 0 aromatic heterocycles. The van der Waals surface area contributed by atoms with Crippen LogP contribution in [0, 0.1) is 11.8 Å². The number of ether oxygens (including phenoxy) is 1. The minimum atomic E-state index is -0.813. The van der Waals surface area contributed by atoms with E-state index >= 15 is 0 Å². The molecule has 22 heavy (non-hydrogen) atoms. The molecule has 0 amide bonds. The van der Waals surface area contributed by atoms with Crippen LogP contribution in [-0.2, 0) is 9.53 Å². The minimum absolute atomic E-state index is 0.0378. The molecule has 0 aliphatic heterocycles. The van der Waals surface area contributed by atoms with Gasteiger partial charge in [0.05, 0.1) is 5.60 Å². The standard InChI is InChI=1S/C19H34O3/c1-14(2)17(18(20)21)16(4)12-8-10-15(3)11-9-13-19(5,6)22-7/h8,12,14-15H,9-11,13H2,1-7H3,(H,20,21)/b12-8+,17-16+/t15-/m1/s1. The lowest BCUT2D eigenvalue weighted by Crippen LogP contribution is -2.22. The Morgan fingerprint density at radius 3 is 2.32 bits per heavy atom. The molecule has 0 saturated carbocycles. The van der Waals surface area contributed by atoms with Gasteiger partial charge in [-0.15, -0.1) is 0 Å². The zero-order chi connectivity index (χ0) is 17.3. The van der Waals surface area contributed by atoms with E-state index in [4.69, 9.17) is 4.74 Å². The third kappa shape index (κ3) is 8.38. The van der Waals surface area contributed by atoms with Gasteiger partial charge < -0.3 is 9.84 Å². The first kappa shape index (κ1) is 20.9. The fourth-order valence-corrected chi connectivity index (χ4v) is 2.53. The van der Waals surface area contributed by atoms with Crippen molar-refractivity contribution in [3.63, 3.8) is 0 Å². The van der Waals surface area contributed by atoms with E-state index in [0.29, 0.717) is 11.5 Å². The monoisotopic (exact) mass is 310 g/mol. The van der Waals surface area contributed by atoms with Crippen LogP contribution in [0.1, 0.15) is 67.2 Å². The summed E-state index contributed by atoms with van der Waals surface area (Å²) >= 11 is 0. The SMILES string of the molecule is COC(C)(C)CCC[C@H](C)C/C=C/C(C)=C(/C(=O)O)C(C)C. The van der Waals surface area contributed by atoms with Crippen LogP contribution in [0.4, 0.5) is 0 Å². The van der Waals surface area contributed by atoms with E-state index in [-0.39, 0.29) is 11.5 Å². The summed E-state index contributed by atoms with van der Waals surface area (Å²) in [5.74, 6) is -0.174. The highest BCUT2D eigenvalue weighted by molar-refractivity contribution is 5.88. The summed E-state index contributed by atoms with van der Waals surface area (Å²) in [6, 6.07) is 0. The summed E-state index contributed by atoms with van der Waals surface area (Å²) in [5, 5.41) is 9.23. The van der Waals surface area contributed by atoms with Crippen LogP contribution in [0.25, 0.3) is 0 Å². The Kier molecular flexibility index (Phi) is 9.34. The summed E-state index contributed by atoms with van der Waals surface area (Å²) in [5.41, 5.74) is 1.32. The minimum Gasteiger partial charge on any atom is -0.478 e. The number of rotatable bonds is 10. The van der Waals surface area contributed by atoms with Crippen molar-refractivity contribution in [3.05, 3.63) is 23.3 Å². The van der Waals surface area contributed by atoms with Crippen molar-refractivity contribution in [1.29, 1.82) is 0 Å². The van der Waals surface area contributed by atoms with Crippen LogP contribution >= 0.6 is 0 Å². The molecule has 3 nitrogen and oxygen atoms in total. The number of allylic oxidation sites excluding steroid dienone is 3. The first-order valence-corrected chi connectivity index (χ1v) is 8.26. The fourth-order valence-electron chi connectivity index (χ4n) is 2.53. The van der Waals surface area contributed by atoms with Crippen molar-refractivity contribution in [2.24, 2.45) is 11.8 Å². The van der Waals surface area contributed by atoms with Crippen LogP contribution in [0.3, 0.4) is 0 Å². The van der Waals surface area contributed by atoms with Crippen molar-refractivity contribution in [2.75, 3.05) is 7.11 Å². The van der Waals surface area contributed by atoms with Crippen molar-refractivity contribution in [1.82, 2.24) is 0 Å². The quantitative estimate of drug-likeness (QED) is 0.444. The summed E-state index contributed by atoms with van der Waals surface area (Å²) in [6.07, 6.45) is 8.42. The van der Waals surface area contributed by atoms with E-state index in [1.165, 1.54) is 0 Å². The maximum Gasteiger partial charge on any atom is 0.332 e. The van der Waals surface area contributed by atoms with E-state index in [1.807, 2.05) is 26.8 Å². The van der Waals surface area contributed by atoms with Gasteiger partial charge >= 0.3 is 5.97 Å². The van der Waals surface area contributed by atoms with Gasteiger partial charge in [0.25, 0.3) is 0 Å². The van der Waals surface area contributed by atoms with Gasteiger partial charge in [-0.1, -0.05) is 45.8 Å². The molecule has 0 aromatic carbocycles. The topological polar surface area (TPSA) is 46.5 Å². The summed E-state index contributed by atoms with van der Waals surface area (Å²) in [7, 11) is 1.76. The van der Waals surface area contributed by atoms with E-state index in [0.717, 1.165) is 31.3 Å². The van der Waals surface area contributed by atoms with Gasteiger partial charge in [0.1, 0.15) is 0 Å². The number of hydrogen-bond donors (Lipinski definition) is 1. The van der Waals surface area contributed by atoms with E-state index < -0.39 is 5.97 Å². The molecular weight excluding hydrogens is 276 g/mol. The lowest BCUT2D eigenvalue weighted by Gasteiger charge is -2.23. The molecule has 1 atom stereocenters. The molecule has 0 rings (SSSR count). The highest BCUT2D eigenvalue weighted by atomic mass is 16.5. The van der Waals surface area contributed by atoms with Gasteiger partial charge in [-0.25, -0.2) is 4.79 Å². The van der Waals surface area contributed by atoms with Crippen LogP contribution in [0.15, 0.2) is 23.3 Å². The maximum atomic E-state index is 11.2. The van der Waals surface area contributed by atoms with Gasteiger partial charge in [0.15, 0.2) is 0 Å². The Hall–Kier alpha value is -1.09. The number of carboxylic acids is 1. The number of hydrogen-bond acceptors (Lipinski definition) is 2. The molecule has 0 fully saturated rings. The summed E-state index contributed by atoms with van der Waals surface area (Å²) in [4.78, 5) is 11.2. The second-order valence-corrected chi connectivity index (χ2v) is 7.16. The molecule has 0 aliphatic carbocycles. The van der Waals surface area contributed by atoms with Gasteiger partial charge in [0.2, 0.25) is 0 Å². The Labute approximate surface area is 136 Å². The molecular formula is C19H34O3. The van der Waals surface area contributed by atoms with Gasteiger partial charge in [0, 0.05) is 12.7 Å². The Balaban J connectivity index is 4.37. The molecule has 3 heteroatoms. The highest BCUT2D eigenvalue weighted by Crippen LogP contribution is 2.21. The number of carbonyl (C=O) groups is 1. The highest BCUT2D eigenvalue weighted by Gasteiger charge is 2.16. The number of aliphatic carboxylic acids is 1. The summed E-state index contributed by atoms with van der Waals surface area (Å²) < 4.78 is 5.43. The second-order valence-electron chi connectivity index (χ2n) is 7.16. The summed E-state index contributed by atoms with van der Waals surface area (Å²) in [6.45, 7) is 12.2. The van der Waals surface area contributed by atoms with Crippen molar-refractivity contribution >= 4 is 5.97 Å². The molecule has 0 saturated heterocycles. The molecule has 0 heterocycles. The van der Waals surface area contributed by atoms with E-state index in [1.54, 1.807) is 7.11 Å². The zero-order valence-electron chi connectivity index (χ0n) is 15.4. The molecule has 0 unspecified atom stereocenters. The molecule has 0 spiro atoms. The molecule has 0 aliphatic rings. The van der Waals surface area contributed by atoms with Gasteiger partial charge in [-0.2, -0.15) is 0 Å².